The number of aryl methyl sites for hydroxylation is 1. The molecule has 3 heteroatoms. The van der Waals surface area contributed by atoms with Crippen LogP contribution < -0.4 is 5.32 Å². The van der Waals surface area contributed by atoms with Crippen molar-refractivity contribution in [3.05, 3.63) is 35.6 Å². The van der Waals surface area contributed by atoms with Crippen molar-refractivity contribution in [1.29, 1.82) is 0 Å². The van der Waals surface area contributed by atoms with Crippen molar-refractivity contribution in [2.75, 3.05) is 7.05 Å². The quantitative estimate of drug-likeness (QED) is 0.746. The summed E-state index contributed by atoms with van der Waals surface area (Å²) < 4.78 is 5.39. The Bertz CT molecular complexity index is 485. The fraction of sp³-hybridized carbons (Fsp3) is 0.182. The number of amides is 1. The standard InChI is InChI=1S/C11H11NO2/c1-7-3-4-8-6-10(11(13)12-2)14-9(8)5-7/h3-6H,1-2H3,(H,12,13). The molecule has 72 valence electrons. The highest BCUT2D eigenvalue weighted by Gasteiger charge is 2.09. The topological polar surface area (TPSA) is 42.2 Å². The molecule has 0 spiro atoms. The van der Waals surface area contributed by atoms with Crippen LogP contribution in [0, 0.1) is 6.92 Å². The van der Waals surface area contributed by atoms with E-state index in [0.717, 1.165) is 16.5 Å². The molecule has 0 unspecified atom stereocenters. The Labute approximate surface area is 81.7 Å². The van der Waals surface area contributed by atoms with Crippen LogP contribution in [0.15, 0.2) is 28.7 Å². The molecule has 2 rings (SSSR count). The Morgan fingerprint density at radius 1 is 1.36 bits per heavy atom. The van der Waals surface area contributed by atoms with Crippen molar-refractivity contribution in [2.45, 2.75) is 6.92 Å². The zero-order chi connectivity index (χ0) is 10.1. The lowest BCUT2D eigenvalue weighted by atomic mass is 10.2. The van der Waals surface area contributed by atoms with Crippen LogP contribution in [0.3, 0.4) is 0 Å². The zero-order valence-electron chi connectivity index (χ0n) is 8.13. The van der Waals surface area contributed by atoms with Crippen LogP contribution in [0.2, 0.25) is 0 Å². The van der Waals surface area contributed by atoms with Crippen molar-refractivity contribution >= 4 is 16.9 Å². The Morgan fingerprint density at radius 3 is 2.86 bits per heavy atom. The minimum Gasteiger partial charge on any atom is -0.451 e. The second kappa shape index (κ2) is 3.18. The smallest absolute Gasteiger partial charge is 0.286 e. The van der Waals surface area contributed by atoms with E-state index < -0.39 is 0 Å². The van der Waals surface area contributed by atoms with Crippen molar-refractivity contribution in [1.82, 2.24) is 5.32 Å². The third kappa shape index (κ3) is 1.37. The van der Waals surface area contributed by atoms with E-state index in [1.165, 1.54) is 0 Å². The Morgan fingerprint density at radius 2 is 2.14 bits per heavy atom. The van der Waals surface area contributed by atoms with E-state index in [2.05, 4.69) is 5.32 Å². The second-order valence-electron chi connectivity index (χ2n) is 3.23. The first-order chi connectivity index (χ1) is 6.70. The monoisotopic (exact) mass is 189 g/mol. The first kappa shape index (κ1) is 8.81. The largest absolute Gasteiger partial charge is 0.451 e. The van der Waals surface area contributed by atoms with Gasteiger partial charge in [0, 0.05) is 12.4 Å². The van der Waals surface area contributed by atoms with Crippen LogP contribution in [-0.4, -0.2) is 13.0 Å². The molecule has 0 bridgehead atoms. The fourth-order valence-electron chi connectivity index (χ4n) is 1.37. The molecule has 0 saturated heterocycles. The number of benzene rings is 1. The first-order valence-electron chi connectivity index (χ1n) is 4.43. The number of carbonyl (C=O) groups is 1. The van der Waals surface area contributed by atoms with Crippen molar-refractivity contribution in [3.63, 3.8) is 0 Å². The molecular formula is C11H11NO2. The van der Waals surface area contributed by atoms with E-state index in [9.17, 15) is 4.79 Å². The molecule has 0 aliphatic carbocycles. The van der Waals surface area contributed by atoms with Gasteiger partial charge < -0.3 is 9.73 Å². The first-order valence-corrected chi connectivity index (χ1v) is 4.43. The molecule has 1 heterocycles. The highest BCUT2D eigenvalue weighted by molar-refractivity contribution is 5.95. The maximum Gasteiger partial charge on any atom is 0.286 e. The summed E-state index contributed by atoms with van der Waals surface area (Å²) in [4.78, 5) is 11.3. The number of hydrogen-bond acceptors (Lipinski definition) is 2. The maximum atomic E-state index is 11.3. The summed E-state index contributed by atoms with van der Waals surface area (Å²) in [5, 5.41) is 3.48. The lowest BCUT2D eigenvalue weighted by Crippen LogP contribution is -2.16. The molecule has 0 aliphatic rings. The van der Waals surface area contributed by atoms with Gasteiger partial charge in [-0.3, -0.25) is 4.79 Å². The number of furan rings is 1. The van der Waals surface area contributed by atoms with Gasteiger partial charge in [-0.2, -0.15) is 0 Å². The van der Waals surface area contributed by atoms with Gasteiger partial charge in [-0.25, -0.2) is 0 Å². The molecule has 0 fully saturated rings. The summed E-state index contributed by atoms with van der Waals surface area (Å²) in [6.45, 7) is 1.99. The van der Waals surface area contributed by atoms with E-state index >= 15 is 0 Å². The minimum absolute atomic E-state index is 0.196. The van der Waals surface area contributed by atoms with Gasteiger partial charge in [0.05, 0.1) is 0 Å². The normalized spacial score (nSPS) is 10.4. The van der Waals surface area contributed by atoms with E-state index in [-0.39, 0.29) is 5.91 Å². The Hall–Kier alpha value is -1.77. The third-order valence-corrected chi connectivity index (χ3v) is 2.13. The van der Waals surface area contributed by atoms with Gasteiger partial charge >= 0.3 is 0 Å². The van der Waals surface area contributed by atoms with Gasteiger partial charge in [-0.15, -0.1) is 0 Å². The highest BCUT2D eigenvalue weighted by Crippen LogP contribution is 2.20. The lowest BCUT2D eigenvalue weighted by molar-refractivity contribution is 0.0938. The molecule has 1 amide bonds. The molecule has 1 N–H and O–H groups in total. The molecule has 1 aromatic heterocycles. The molecule has 14 heavy (non-hydrogen) atoms. The van der Waals surface area contributed by atoms with Crippen molar-refractivity contribution < 1.29 is 9.21 Å². The van der Waals surface area contributed by atoms with Crippen LogP contribution in [0.1, 0.15) is 16.1 Å². The van der Waals surface area contributed by atoms with Gasteiger partial charge in [-0.1, -0.05) is 12.1 Å². The Kier molecular flexibility index (Phi) is 2.00. The van der Waals surface area contributed by atoms with Crippen LogP contribution in [0.5, 0.6) is 0 Å². The molecule has 2 aromatic rings. The number of nitrogens with one attached hydrogen (secondary N) is 1. The van der Waals surface area contributed by atoms with E-state index in [1.807, 2.05) is 25.1 Å². The number of rotatable bonds is 1. The zero-order valence-corrected chi connectivity index (χ0v) is 8.13. The number of hydrogen-bond donors (Lipinski definition) is 1. The summed E-state index contributed by atoms with van der Waals surface area (Å²) in [6, 6.07) is 7.60. The predicted octanol–water partition coefficient (Wildman–Crippen LogP) is 2.10. The molecule has 0 saturated carbocycles. The molecule has 0 aliphatic heterocycles. The van der Waals surface area contributed by atoms with Gasteiger partial charge in [0.1, 0.15) is 5.58 Å². The van der Waals surface area contributed by atoms with Crippen molar-refractivity contribution in [2.24, 2.45) is 0 Å². The maximum absolute atomic E-state index is 11.3. The highest BCUT2D eigenvalue weighted by atomic mass is 16.3. The van der Waals surface area contributed by atoms with Gasteiger partial charge in [0.2, 0.25) is 0 Å². The predicted molar refractivity (Wildman–Crippen MR) is 54.3 cm³/mol. The lowest BCUT2D eigenvalue weighted by Gasteiger charge is -1.91. The molecule has 0 radical (unpaired) electrons. The summed E-state index contributed by atoms with van der Waals surface area (Å²) >= 11 is 0. The van der Waals surface area contributed by atoms with Crippen LogP contribution in [0.4, 0.5) is 0 Å². The van der Waals surface area contributed by atoms with Crippen molar-refractivity contribution in [3.8, 4) is 0 Å². The number of fused-ring (bicyclic) bond motifs is 1. The van der Waals surface area contributed by atoms with Crippen LogP contribution in [0.25, 0.3) is 11.0 Å². The second-order valence-corrected chi connectivity index (χ2v) is 3.23. The van der Waals surface area contributed by atoms with E-state index in [4.69, 9.17) is 4.42 Å². The minimum atomic E-state index is -0.196. The average Bonchev–Trinajstić information content (AvgIpc) is 2.59. The number of carbonyl (C=O) groups excluding carboxylic acids is 1. The van der Waals surface area contributed by atoms with E-state index in [1.54, 1.807) is 13.1 Å². The molecule has 3 nitrogen and oxygen atoms in total. The van der Waals surface area contributed by atoms with Crippen LogP contribution in [-0.2, 0) is 0 Å². The Balaban J connectivity index is 2.56. The molecular weight excluding hydrogens is 178 g/mol. The average molecular weight is 189 g/mol. The molecule has 1 aromatic carbocycles. The SMILES string of the molecule is CNC(=O)c1cc2ccc(C)cc2o1. The molecule has 0 atom stereocenters. The summed E-state index contributed by atoms with van der Waals surface area (Å²) in [5.41, 5.74) is 1.87. The van der Waals surface area contributed by atoms with Gasteiger partial charge in [0.15, 0.2) is 5.76 Å². The van der Waals surface area contributed by atoms with Gasteiger partial charge in [-0.05, 0) is 24.6 Å². The van der Waals surface area contributed by atoms with E-state index in [0.29, 0.717) is 5.76 Å². The van der Waals surface area contributed by atoms with Gasteiger partial charge in [0.25, 0.3) is 5.91 Å². The summed E-state index contributed by atoms with van der Waals surface area (Å²) in [6.07, 6.45) is 0. The third-order valence-electron chi connectivity index (χ3n) is 2.13. The summed E-state index contributed by atoms with van der Waals surface area (Å²) in [7, 11) is 1.58. The summed E-state index contributed by atoms with van der Waals surface area (Å²) in [5.74, 6) is 0.159. The van der Waals surface area contributed by atoms with Crippen LogP contribution >= 0.6 is 0 Å². The fourth-order valence-corrected chi connectivity index (χ4v) is 1.37.